The summed E-state index contributed by atoms with van der Waals surface area (Å²) in [5, 5.41) is 0. The van der Waals surface area contributed by atoms with Crippen molar-refractivity contribution in [1.29, 1.82) is 0 Å². The Labute approximate surface area is 290 Å². The molecule has 1 saturated carbocycles. The van der Waals surface area contributed by atoms with Crippen molar-refractivity contribution in [1.82, 2.24) is 9.80 Å². The van der Waals surface area contributed by atoms with Gasteiger partial charge in [0.1, 0.15) is 11.1 Å². The standard InChI is InChI=1S/C39H63N3O4S/c1-27(2)12-11-25-45-32-20-24-41(26-32)34-35(43)42(39(40-34)22-17-31(18-23-39)38(7,8)9)33(19-21-37(4,5)6)29-13-15-30(16-14-29)36(44)46-28(3)47-10/h13-16,27-28,31-33H,11-12,17-26H2,1-10H3/t28?,31?,32?,33-,39?/m1/s1. The third kappa shape index (κ3) is 9.77. The second kappa shape index (κ2) is 15.7. The van der Waals surface area contributed by atoms with Crippen LogP contribution in [0, 0.1) is 22.7 Å². The molecule has 2 fully saturated rings. The van der Waals surface area contributed by atoms with E-state index in [2.05, 4.69) is 65.2 Å². The van der Waals surface area contributed by atoms with E-state index in [9.17, 15) is 9.59 Å². The van der Waals surface area contributed by atoms with E-state index in [1.165, 1.54) is 18.2 Å². The van der Waals surface area contributed by atoms with Crippen LogP contribution in [0.25, 0.3) is 0 Å². The number of benzene rings is 1. The van der Waals surface area contributed by atoms with Gasteiger partial charge in [-0.15, -0.1) is 11.8 Å². The quantitative estimate of drug-likeness (QED) is 0.126. The van der Waals surface area contributed by atoms with E-state index in [1.807, 2.05) is 37.4 Å². The van der Waals surface area contributed by atoms with Crippen LogP contribution in [-0.2, 0) is 14.3 Å². The van der Waals surface area contributed by atoms with Gasteiger partial charge in [-0.25, -0.2) is 9.79 Å². The summed E-state index contributed by atoms with van der Waals surface area (Å²) in [5.41, 5.74) is 1.15. The predicted molar refractivity (Wildman–Crippen MR) is 195 cm³/mol. The minimum atomic E-state index is -0.557. The predicted octanol–water partition coefficient (Wildman–Crippen LogP) is 9.12. The molecule has 1 spiro atoms. The van der Waals surface area contributed by atoms with Crippen LogP contribution in [0.15, 0.2) is 29.3 Å². The van der Waals surface area contributed by atoms with Gasteiger partial charge in [0.25, 0.3) is 5.91 Å². The Bertz CT molecular complexity index is 1220. The average Bonchev–Trinajstić information content (AvgIpc) is 3.57. The first kappa shape index (κ1) is 37.8. The minimum Gasteiger partial charge on any atom is -0.448 e. The molecule has 1 aromatic carbocycles. The molecular formula is C39H63N3O4S. The van der Waals surface area contributed by atoms with Gasteiger partial charge in [-0.2, -0.15) is 0 Å². The molecule has 1 amide bonds. The number of carbonyl (C=O) groups is 2. The summed E-state index contributed by atoms with van der Waals surface area (Å²) in [7, 11) is 0. The Hall–Kier alpha value is -2.06. The second-order valence-corrected chi connectivity index (χ2v) is 18.1. The van der Waals surface area contributed by atoms with E-state index in [1.54, 1.807) is 0 Å². The fourth-order valence-corrected chi connectivity index (χ4v) is 7.64. The Balaban J connectivity index is 1.64. The van der Waals surface area contributed by atoms with Gasteiger partial charge in [0.15, 0.2) is 5.84 Å². The van der Waals surface area contributed by atoms with Gasteiger partial charge in [-0.3, -0.25) is 4.79 Å². The van der Waals surface area contributed by atoms with E-state index in [0.29, 0.717) is 23.2 Å². The third-order valence-corrected chi connectivity index (χ3v) is 11.3. The minimum absolute atomic E-state index is 0.0517. The first-order valence-corrected chi connectivity index (χ1v) is 19.5. The number of hydrogen-bond donors (Lipinski definition) is 0. The fraction of sp³-hybridized carbons (Fsp3) is 0.769. The zero-order valence-corrected chi connectivity index (χ0v) is 31.9. The molecule has 0 N–H and O–H groups in total. The number of esters is 1. The van der Waals surface area contributed by atoms with Crippen LogP contribution in [0.3, 0.4) is 0 Å². The number of amides is 1. The number of carbonyl (C=O) groups excluding carboxylic acids is 2. The lowest BCUT2D eigenvalue weighted by Gasteiger charge is -2.47. The van der Waals surface area contributed by atoms with E-state index < -0.39 is 5.66 Å². The number of aliphatic imine (C=N–C) groups is 1. The van der Waals surface area contributed by atoms with Crippen LogP contribution in [0.4, 0.5) is 0 Å². The molecule has 3 aliphatic rings. The van der Waals surface area contributed by atoms with Gasteiger partial charge in [-0.1, -0.05) is 67.5 Å². The number of rotatable bonds is 12. The molecule has 2 aliphatic heterocycles. The van der Waals surface area contributed by atoms with E-state index in [4.69, 9.17) is 14.5 Å². The molecule has 2 heterocycles. The van der Waals surface area contributed by atoms with Gasteiger partial charge >= 0.3 is 5.97 Å². The molecule has 0 aromatic heterocycles. The lowest BCUT2D eigenvalue weighted by molar-refractivity contribution is -0.134. The monoisotopic (exact) mass is 669 g/mol. The van der Waals surface area contributed by atoms with Crippen molar-refractivity contribution in [2.75, 3.05) is 26.0 Å². The Morgan fingerprint density at radius 3 is 2.26 bits per heavy atom. The van der Waals surface area contributed by atoms with E-state index >= 15 is 0 Å². The first-order valence-electron chi connectivity index (χ1n) is 18.2. The molecular weight excluding hydrogens is 607 g/mol. The Kier molecular flexibility index (Phi) is 12.6. The number of likely N-dealkylation sites (tertiary alicyclic amines) is 1. The number of nitrogens with zero attached hydrogens (tertiary/aromatic N) is 3. The molecule has 47 heavy (non-hydrogen) atoms. The summed E-state index contributed by atoms with van der Waals surface area (Å²) in [6, 6.07) is 7.65. The van der Waals surface area contributed by atoms with Crippen molar-refractivity contribution < 1.29 is 19.1 Å². The SMILES string of the molecule is CSC(C)OC(=O)c1ccc([C@@H](CCC(C)(C)C)N2C(=O)C(N3CCC(OCCCC(C)C)C3)=NC23CCC(C(C)(C)C)CC3)cc1. The molecule has 3 atom stereocenters. The van der Waals surface area contributed by atoms with Crippen LogP contribution in [0.1, 0.15) is 142 Å². The highest BCUT2D eigenvalue weighted by Gasteiger charge is 2.54. The zero-order valence-electron chi connectivity index (χ0n) is 31.1. The summed E-state index contributed by atoms with van der Waals surface area (Å²) < 4.78 is 11.9. The van der Waals surface area contributed by atoms with Gasteiger partial charge in [-0.05, 0) is 111 Å². The van der Waals surface area contributed by atoms with Crippen LogP contribution in [0.5, 0.6) is 0 Å². The highest BCUT2D eigenvalue weighted by Crippen LogP contribution is 2.50. The lowest BCUT2D eigenvalue weighted by Crippen LogP contribution is -2.52. The average molecular weight is 670 g/mol. The number of ether oxygens (including phenoxy) is 2. The summed E-state index contributed by atoms with van der Waals surface area (Å²) >= 11 is 1.50. The smallest absolute Gasteiger partial charge is 0.339 e. The molecule has 8 heteroatoms. The molecule has 0 bridgehead atoms. The molecule has 264 valence electrons. The lowest BCUT2D eigenvalue weighted by atomic mass is 9.69. The molecule has 1 aliphatic carbocycles. The van der Waals surface area contributed by atoms with Crippen molar-refractivity contribution in [2.24, 2.45) is 27.7 Å². The molecule has 7 nitrogen and oxygen atoms in total. The van der Waals surface area contributed by atoms with Crippen molar-refractivity contribution >= 4 is 29.5 Å². The summed E-state index contributed by atoms with van der Waals surface area (Å²) in [6.45, 7) is 22.5. The van der Waals surface area contributed by atoms with E-state index in [0.717, 1.165) is 76.6 Å². The van der Waals surface area contributed by atoms with Gasteiger partial charge in [0, 0.05) is 19.7 Å². The maximum absolute atomic E-state index is 14.8. The summed E-state index contributed by atoms with van der Waals surface area (Å²) in [6.07, 6.45) is 10.9. The van der Waals surface area contributed by atoms with Crippen LogP contribution in [0.2, 0.25) is 0 Å². The van der Waals surface area contributed by atoms with Crippen LogP contribution >= 0.6 is 11.8 Å². The Morgan fingerprint density at radius 1 is 1.02 bits per heavy atom. The normalized spacial score (nSPS) is 25.1. The van der Waals surface area contributed by atoms with Gasteiger partial charge < -0.3 is 19.3 Å². The van der Waals surface area contributed by atoms with Crippen molar-refractivity contribution in [3.05, 3.63) is 35.4 Å². The van der Waals surface area contributed by atoms with Crippen molar-refractivity contribution in [3.63, 3.8) is 0 Å². The third-order valence-electron chi connectivity index (χ3n) is 10.5. The van der Waals surface area contributed by atoms with Crippen LogP contribution in [-0.4, -0.2) is 70.7 Å². The summed E-state index contributed by atoms with van der Waals surface area (Å²) in [4.78, 5) is 37.4. The molecule has 1 saturated heterocycles. The largest absolute Gasteiger partial charge is 0.448 e. The number of thioether (sulfide) groups is 1. The molecule has 4 rings (SSSR count). The fourth-order valence-electron chi connectivity index (χ4n) is 7.45. The molecule has 1 aromatic rings. The summed E-state index contributed by atoms with van der Waals surface area (Å²) in [5.74, 6) is 1.64. The number of amidine groups is 1. The molecule has 2 unspecified atom stereocenters. The number of hydrogen-bond acceptors (Lipinski definition) is 7. The maximum Gasteiger partial charge on any atom is 0.339 e. The van der Waals surface area contributed by atoms with Crippen molar-refractivity contribution in [3.8, 4) is 0 Å². The maximum atomic E-state index is 14.8. The first-order chi connectivity index (χ1) is 22.0. The highest BCUT2D eigenvalue weighted by molar-refractivity contribution is 7.99. The van der Waals surface area contributed by atoms with Gasteiger partial charge in [0.05, 0.1) is 17.7 Å². The zero-order chi connectivity index (χ0) is 34.6. The van der Waals surface area contributed by atoms with Crippen LogP contribution < -0.4 is 0 Å². The van der Waals surface area contributed by atoms with Crippen molar-refractivity contribution in [2.45, 2.75) is 143 Å². The van der Waals surface area contributed by atoms with Gasteiger partial charge in [0.2, 0.25) is 0 Å². The topological polar surface area (TPSA) is 71.4 Å². The molecule has 0 radical (unpaired) electrons. The second-order valence-electron chi connectivity index (χ2n) is 16.9. The van der Waals surface area contributed by atoms with E-state index in [-0.39, 0.29) is 40.3 Å². The Morgan fingerprint density at radius 2 is 1.68 bits per heavy atom. The highest BCUT2D eigenvalue weighted by atomic mass is 32.2.